The van der Waals surface area contributed by atoms with Gasteiger partial charge < -0.3 is 10.2 Å². The molecule has 1 atom stereocenters. The first-order valence-corrected chi connectivity index (χ1v) is 12.1. The number of halogens is 2. The lowest BCUT2D eigenvalue weighted by Crippen LogP contribution is -2.50. The molecule has 1 N–H and O–H groups in total. The molecule has 31 heavy (non-hydrogen) atoms. The van der Waals surface area contributed by atoms with Crippen molar-refractivity contribution >= 4 is 35.2 Å². The van der Waals surface area contributed by atoms with E-state index in [1.165, 1.54) is 17.8 Å². The average molecular weight is 465 g/mol. The molecule has 0 bridgehead atoms. The molecule has 0 aliphatic rings. The van der Waals surface area contributed by atoms with Crippen LogP contribution in [0.2, 0.25) is 5.02 Å². The van der Waals surface area contributed by atoms with Crippen LogP contribution in [-0.4, -0.2) is 41.6 Å². The predicted molar refractivity (Wildman–Crippen MR) is 127 cm³/mol. The third-order valence-corrected chi connectivity index (χ3v) is 6.25. The Balaban J connectivity index is 2.07. The Morgan fingerprint density at radius 2 is 1.87 bits per heavy atom. The number of benzene rings is 2. The van der Waals surface area contributed by atoms with Crippen molar-refractivity contribution in [2.75, 3.05) is 18.8 Å². The lowest BCUT2D eigenvalue weighted by molar-refractivity contribution is -0.138. The minimum atomic E-state index is -0.527. The molecule has 2 aromatic rings. The fourth-order valence-corrected chi connectivity index (χ4v) is 4.50. The Labute approximate surface area is 193 Å². The minimum Gasteiger partial charge on any atom is -0.354 e. The van der Waals surface area contributed by atoms with Crippen molar-refractivity contribution in [2.24, 2.45) is 0 Å². The zero-order valence-corrected chi connectivity index (χ0v) is 19.6. The highest BCUT2D eigenvalue weighted by molar-refractivity contribution is 7.99. The molecular weight excluding hydrogens is 435 g/mol. The highest BCUT2D eigenvalue weighted by Gasteiger charge is 2.28. The summed E-state index contributed by atoms with van der Waals surface area (Å²) >= 11 is 7.39. The van der Waals surface area contributed by atoms with Gasteiger partial charge in [0.05, 0.1) is 5.75 Å². The van der Waals surface area contributed by atoms with Crippen LogP contribution in [0, 0.1) is 5.82 Å². The molecule has 0 radical (unpaired) electrons. The molecule has 0 spiro atoms. The number of carbonyl (C=O) groups is 2. The first-order valence-electron chi connectivity index (χ1n) is 10.6. The maximum Gasteiger partial charge on any atom is 0.242 e. The number of thioether (sulfide) groups is 1. The van der Waals surface area contributed by atoms with Crippen LogP contribution in [0.25, 0.3) is 0 Å². The molecule has 0 aliphatic carbocycles. The van der Waals surface area contributed by atoms with Crippen LogP contribution in [0.5, 0.6) is 0 Å². The SMILES string of the molecule is CCCNC(=O)[C@H](CC)N(CCc1ccccc1)C(=O)CSCc1c(F)cccc1Cl. The van der Waals surface area contributed by atoms with Crippen LogP contribution >= 0.6 is 23.4 Å². The summed E-state index contributed by atoms with van der Waals surface area (Å²) in [6.45, 7) is 4.92. The maximum absolute atomic E-state index is 14.0. The fourth-order valence-electron chi connectivity index (χ4n) is 3.26. The largest absolute Gasteiger partial charge is 0.354 e. The molecule has 4 nitrogen and oxygen atoms in total. The van der Waals surface area contributed by atoms with Crippen molar-refractivity contribution in [2.45, 2.75) is 44.9 Å². The van der Waals surface area contributed by atoms with E-state index in [0.29, 0.717) is 42.3 Å². The van der Waals surface area contributed by atoms with E-state index in [4.69, 9.17) is 11.6 Å². The Bertz CT molecular complexity index is 830. The zero-order chi connectivity index (χ0) is 22.6. The van der Waals surface area contributed by atoms with Crippen molar-refractivity contribution in [1.82, 2.24) is 10.2 Å². The molecular formula is C24H30ClFN2O2S. The van der Waals surface area contributed by atoms with Crippen molar-refractivity contribution in [3.05, 3.63) is 70.5 Å². The monoisotopic (exact) mass is 464 g/mol. The number of rotatable bonds is 12. The third kappa shape index (κ3) is 7.86. The molecule has 0 saturated heterocycles. The minimum absolute atomic E-state index is 0.132. The molecule has 0 aromatic heterocycles. The molecule has 168 valence electrons. The number of nitrogens with zero attached hydrogens (tertiary/aromatic N) is 1. The quantitative estimate of drug-likeness (QED) is 0.476. The van der Waals surface area contributed by atoms with Gasteiger partial charge >= 0.3 is 0 Å². The summed E-state index contributed by atoms with van der Waals surface area (Å²) in [6.07, 6.45) is 2.02. The Morgan fingerprint density at radius 1 is 1.13 bits per heavy atom. The van der Waals surface area contributed by atoms with Gasteiger partial charge in [0.1, 0.15) is 11.9 Å². The molecule has 0 saturated carbocycles. The summed E-state index contributed by atoms with van der Waals surface area (Å²) in [7, 11) is 0. The third-order valence-electron chi connectivity index (χ3n) is 4.95. The van der Waals surface area contributed by atoms with Gasteiger partial charge in [0.2, 0.25) is 11.8 Å². The Morgan fingerprint density at radius 3 is 2.52 bits per heavy atom. The van der Waals surface area contributed by atoms with Crippen LogP contribution in [-0.2, 0) is 21.8 Å². The van der Waals surface area contributed by atoms with Crippen LogP contribution in [0.4, 0.5) is 4.39 Å². The average Bonchev–Trinajstić information content (AvgIpc) is 2.77. The highest BCUT2D eigenvalue weighted by Crippen LogP contribution is 2.24. The molecule has 0 heterocycles. The summed E-state index contributed by atoms with van der Waals surface area (Å²) < 4.78 is 14.0. The van der Waals surface area contributed by atoms with E-state index in [2.05, 4.69) is 5.32 Å². The molecule has 0 fully saturated rings. The van der Waals surface area contributed by atoms with Crippen LogP contribution in [0.15, 0.2) is 48.5 Å². The fraction of sp³-hybridized carbons (Fsp3) is 0.417. The van der Waals surface area contributed by atoms with E-state index in [-0.39, 0.29) is 23.4 Å². The van der Waals surface area contributed by atoms with Gasteiger partial charge in [-0.25, -0.2) is 4.39 Å². The van der Waals surface area contributed by atoms with Crippen LogP contribution in [0.1, 0.15) is 37.8 Å². The van der Waals surface area contributed by atoms with E-state index in [0.717, 1.165) is 12.0 Å². The van der Waals surface area contributed by atoms with E-state index in [1.54, 1.807) is 17.0 Å². The smallest absolute Gasteiger partial charge is 0.242 e. The second-order valence-corrected chi connectivity index (χ2v) is 8.62. The molecule has 2 amide bonds. The van der Waals surface area contributed by atoms with Gasteiger partial charge in [-0.2, -0.15) is 0 Å². The summed E-state index contributed by atoms with van der Waals surface area (Å²) in [5.74, 6) is -0.196. The van der Waals surface area contributed by atoms with Gasteiger partial charge in [0.25, 0.3) is 0 Å². The van der Waals surface area contributed by atoms with Gasteiger partial charge in [-0.1, -0.05) is 61.8 Å². The molecule has 2 rings (SSSR count). The van der Waals surface area contributed by atoms with Crippen molar-refractivity contribution in [3.8, 4) is 0 Å². The van der Waals surface area contributed by atoms with Crippen molar-refractivity contribution in [1.29, 1.82) is 0 Å². The molecule has 2 aromatic carbocycles. The Hall–Kier alpha value is -2.05. The molecule has 0 unspecified atom stereocenters. The summed E-state index contributed by atoms with van der Waals surface area (Å²) in [6, 6.07) is 13.9. The number of amides is 2. The summed E-state index contributed by atoms with van der Waals surface area (Å²) in [5.41, 5.74) is 1.50. The van der Waals surface area contributed by atoms with Gasteiger partial charge in [0.15, 0.2) is 0 Å². The van der Waals surface area contributed by atoms with Gasteiger partial charge in [0, 0.05) is 29.4 Å². The molecule has 0 aliphatic heterocycles. The number of carbonyl (C=O) groups excluding carboxylic acids is 2. The number of hydrogen-bond acceptors (Lipinski definition) is 3. The van der Waals surface area contributed by atoms with E-state index in [9.17, 15) is 14.0 Å². The summed E-state index contributed by atoms with van der Waals surface area (Å²) in [5, 5.41) is 3.26. The van der Waals surface area contributed by atoms with Gasteiger partial charge in [-0.15, -0.1) is 11.8 Å². The zero-order valence-electron chi connectivity index (χ0n) is 18.1. The second kappa shape index (κ2) is 13.4. The van der Waals surface area contributed by atoms with E-state index >= 15 is 0 Å². The molecule has 7 heteroatoms. The lowest BCUT2D eigenvalue weighted by atomic mass is 10.1. The predicted octanol–water partition coefficient (Wildman–Crippen LogP) is 5.09. The van der Waals surface area contributed by atoms with Crippen molar-refractivity contribution in [3.63, 3.8) is 0 Å². The lowest BCUT2D eigenvalue weighted by Gasteiger charge is -2.30. The summed E-state index contributed by atoms with van der Waals surface area (Å²) in [4.78, 5) is 27.5. The first-order chi connectivity index (χ1) is 15.0. The van der Waals surface area contributed by atoms with E-state index in [1.807, 2.05) is 44.2 Å². The number of hydrogen-bond donors (Lipinski definition) is 1. The topological polar surface area (TPSA) is 49.4 Å². The van der Waals surface area contributed by atoms with Crippen LogP contribution in [0.3, 0.4) is 0 Å². The maximum atomic E-state index is 14.0. The Kier molecular flexibility index (Phi) is 10.9. The normalized spacial score (nSPS) is 11.7. The standard InChI is InChI=1S/C24H30ClFN2O2S/c1-3-14-27-24(30)22(4-2)28(15-13-18-9-6-5-7-10-18)23(29)17-31-16-19-20(25)11-8-12-21(19)26/h5-12,22H,3-4,13-17H2,1-2H3,(H,27,30)/t22-/m0/s1. The first kappa shape index (κ1) is 25.2. The van der Waals surface area contributed by atoms with Gasteiger partial charge in [-0.05, 0) is 37.0 Å². The van der Waals surface area contributed by atoms with Crippen molar-refractivity contribution < 1.29 is 14.0 Å². The van der Waals surface area contributed by atoms with E-state index < -0.39 is 6.04 Å². The second-order valence-electron chi connectivity index (χ2n) is 7.23. The van der Waals surface area contributed by atoms with Gasteiger partial charge in [-0.3, -0.25) is 9.59 Å². The van der Waals surface area contributed by atoms with Crippen LogP contribution < -0.4 is 5.32 Å². The number of nitrogens with one attached hydrogen (secondary N) is 1. The highest BCUT2D eigenvalue weighted by atomic mass is 35.5.